The van der Waals surface area contributed by atoms with E-state index < -0.39 is 6.04 Å². The van der Waals surface area contributed by atoms with Crippen molar-refractivity contribution in [2.75, 3.05) is 0 Å². The van der Waals surface area contributed by atoms with Gasteiger partial charge in [0.05, 0.1) is 18.5 Å². The van der Waals surface area contributed by atoms with Crippen LogP contribution in [-0.2, 0) is 0 Å². The quantitative estimate of drug-likeness (QED) is 0.535. The summed E-state index contributed by atoms with van der Waals surface area (Å²) in [5, 5.41) is 17.0. The molecule has 0 aliphatic carbocycles. The summed E-state index contributed by atoms with van der Waals surface area (Å²) in [5.41, 5.74) is 5.30. The van der Waals surface area contributed by atoms with E-state index in [1.807, 2.05) is 6.07 Å². The molecule has 50 valence electrons. The second-order valence-corrected chi connectivity index (χ2v) is 1.68. The average Bonchev–Trinajstić information content (AvgIpc) is 1.87. The molecule has 0 spiro atoms. The van der Waals surface area contributed by atoms with Crippen molar-refractivity contribution in [3.63, 3.8) is 0 Å². The molecular weight excluding hydrogens is 116 g/mol. The fraction of sp³-hybridized carbons (Fsp3) is 0.500. The Kier molecular flexibility index (Phi) is 3.49. The predicted molar refractivity (Wildman–Crippen MR) is 34.6 cm³/mol. The summed E-state index contributed by atoms with van der Waals surface area (Å²) >= 11 is 0. The molecule has 0 amide bonds. The first kappa shape index (κ1) is 7.99. The summed E-state index contributed by atoms with van der Waals surface area (Å²) in [4.78, 5) is 0. The Morgan fingerprint density at radius 3 is 2.89 bits per heavy atom. The van der Waals surface area contributed by atoms with Gasteiger partial charge in [-0.3, -0.25) is 0 Å². The highest BCUT2D eigenvalue weighted by Crippen LogP contribution is 1.97. The summed E-state index contributed by atoms with van der Waals surface area (Å²) < 4.78 is 0. The van der Waals surface area contributed by atoms with E-state index >= 15 is 0 Å². The van der Waals surface area contributed by atoms with Crippen molar-refractivity contribution in [1.29, 1.82) is 5.26 Å². The molecule has 0 saturated heterocycles. The Hall–Kier alpha value is -1.01. The number of hydrogen-bond acceptors (Lipinski definition) is 3. The highest BCUT2D eigenvalue weighted by molar-refractivity contribution is 5.01. The SMILES string of the molecule is C/C=C(\O)C(N)CC#N. The fourth-order valence-corrected chi connectivity index (χ4v) is 0.417. The average molecular weight is 126 g/mol. The lowest BCUT2D eigenvalue weighted by atomic mass is 10.2. The number of nitrogens with two attached hydrogens (primary N) is 1. The molecule has 3 nitrogen and oxygen atoms in total. The van der Waals surface area contributed by atoms with Gasteiger partial charge in [-0.25, -0.2) is 0 Å². The van der Waals surface area contributed by atoms with Gasteiger partial charge in [-0.05, 0) is 13.0 Å². The first-order chi connectivity index (χ1) is 4.22. The van der Waals surface area contributed by atoms with E-state index in [-0.39, 0.29) is 12.2 Å². The maximum Gasteiger partial charge on any atom is 0.106 e. The zero-order valence-corrected chi connectivity index (χ0v) is 5.33. The van der Waals surface area contributed by atoms with Crippen LogP contribution in [0.3, 0.4) is 0 Å². The van der Waals surface area contributed by atoms with Gasteiger partial charge in [0, 0.05) is 0 Å². The number of nitriles is 1. The third-order valence-corrected chi connectivity index (χ3v) is 0.987. The summed E-state index contributed by atoms with van der Waals surface area (Å²) in [5.74, 6) is 0.0801. The Morgan fingerprint density at radius 2 is 2.56 bits per heavy atom. The van der Waals surface area contributed by atoms with Crippen LogP contribution in [0.25, 0.3) is 0 Å². The minimum Gasteiger partial charge on any atom is -0.511 e. The molecule has 3 N–H and O–H groups in total. The van der Waals surface area contributed by atoms with E-state index in [2.05, 4.69) is 0 Å². The van der Waals surface area contributed by atoms with Crippen LogP contribution in [0, 0.1) is 11.3 Å². The minimum atomic E-state index is -0.514. The summed E-state index contributed by atoms with van der Waals surface area (Å²) in [7, 11) is 0. The molecule has 0 aliphatic heterocycles. The minimum absolute atomic E-state index is 0.0801. The monoisotopic (exact) mass is 126 g/mol. The summed E-state index contributed by atoms with van der Waals surface area (Å²) in [6.07, 6.45) is 1.65. The van der Waals surface area contributed by atoms with E-state index in [0.717, 1.165) is 0 Å². The lowest BCUT2D eigenvalue weighted by Gasteiger charge is -2.03. The fourth-order valence-electron chi connectivity index (χ4n) is 0.417. The first-order valence-corrected chi connectivity index (χ1v) is 2.70. The van der Waals surface area contributed by atoms with Crippen LogP contribution < -0.4 is 5.73 Å². The van der Waals surface area contributed by atoms with E-state index in [0.29, 0.717) is 0 Å². The van der Waals surface area contributed by atoms with Crippen molar-refractivity contribution in [1.82, 2.24) is 0 Å². The van der Waals surface area contributed by atoms with Gasteiger partial charge in [0.1, 0.15) is 5.76 Å². The lowest BCUT2D eigenvalue weighted by molar-refractivity contribution is 0.367. The van der Waals surface area contributed by atoms with Crippen molar-refractivity contribution in [2.45, 2.75) is 19.4 Å². The van der Waals surface area contributed by atoms with Gasteiger partial charge < -0.3 is 10.8 Å². The van der Waals surface area contributed by atoms with Crippen LogP contribution in [-0.4, -0.2) is 11.1 Å². The summed E-state index contributed by atoms with van der Waals surface area (Å²) in [6.45, 7) is 1.67. The molecule has 0 heterocycles. The largest absolute Gasteiger partial charge is 0.511 e. The molecule has 0 aromatic carbocycles. The van der Waals surface area contributed by atoms with Gasteiger partial charge in [-0.15, -0.1) is 0 Å². The predicted octanol–water partition coefficient (Wildman–Crippen LogP) is 0.689. The molecule has 0 rings (SSSR count). The van der Waals surface area contributed by atoms with Crippen molar-refractivity contribution in [3.8, 4) is 6.07 Å². The number of rotatable bonds is 2. The van der Waals surface area contributed by atoms with Crippen molar-refractivity contribution < 1.29 is 5.11 Å². The first-order valence-electron chi connectivity index (χ1n) is 2.70. The van der Waals surface area contributed by atoms with Gasteiger partial charge in [0.25, 0.3) is 0 Å². The molecule has 0 aliphatic rings. The third-order valence-electron chi connectivity index (χ3n) is 0.987. The molecule has 1 atom stereocenters. The van der Waals surface area contributed by atoms with Crippen LogP contribution in [0.2, 0.25) is 0 Å². The van der Waals surface area contributed by atoms with E-state index in [1.54, 1.807) is 6.92 Å². The Labute approximate surface area is 54.4 Å². The standard InChI is InChI=1S/C6H10N2O/c1-2-6(9)5(8)3-4-7/h2,5,9H,3,8H2,1H3/b6-2-. The second kappa shape index (κ2) is 3.93. The van der Waals surface area contributed by atoms with Crippen molar-refractivity contribution in [3.05, 3.63) is 11.8 Å². The van der Waals surface area contributed by atoms with Gasteiger partial charge in [-0.2, -0.15) is 5.26 Å². The van der Waals surface area contributed by atoms with E-state index in [9.17, 15) is 0 Å². The highest BCUT2D eigenvalue weighted by atomic mass is 16.3. The Balaban J connectivity index is 3.76. The lowest BCUT2D eigenvalue weighted by Crippen LogP contribution is -2.21. The second-order valence-electron chi connectivity index (χ2n) is 1.68. The smallest absolute Gasteiger partial charge is 0.106 e. The molecule has 0 aromatic rings. The maximum absolute atomic E-state index is 8.84. The molecule has 9 heavy (non-hydrogen) atoms. The van der Waals surface area contributed by atoms with E-state index in [1.165, 1.54) is 6.08 Å². The Bertz CT molecular complexity index is 146. The number of aliphatic hydroxyl groups excluding tert-OH is 1. The van der Waals surface area contributed by atoms with Crippen LogP contribution >= 0.6 is 0 Å². The van der Waals surface area contributed by atoms with Crippen LogP contribution in [0.1, 0.15) is 13.3 Å². The highest BCUT2D eigenvalue weighted by Gasteiger charge is 2.03. The third kappa shape index (κ3) is 2.73. The normalized spacial score (nSPS) is 14.6. The van der Waals surface area contributed by atoms with Crippen LogP contribution in [0.5, 0.6) is 0 Å². The van der Waals surface area contributed by atoms with Crippen LogP contribution in [0.4, 0.5) is 0 Å². The molecule has 0 fully saturated rings. The Morgan fingerprint density at radius 1 is 2.00 bits per heavy atom. The topological polar surface area (TPSA) is 70.0 Å². The number of aliphatic hydroxyl groups is 1. The molecule has 0 saturated carbocycles. The van der Waals surface area contributed by atoms with E-state index in [4.69, 9.17) is 16.1 Å². The zero-order chi connectivity index (χ0) is 7.28. The van der Waals surface area contributed by atoms with Gasteiger partial charge in [-0.1, -0.05) is 0 Å². The van der Waals surface area contributed by atoms with Gasteiger partial charge in [0.2, 0.25) is 0 Å². The van der Waals surface area contributed by atoms with Crippen LogP contribution in [0.15, 0.2) is 11.8 Å². The molecule has 1 unspecified atom stereocenters. The van der Waals surface area contributed by atoms with Gasteiger partial charge in [0.15, 0.2) is 0 Å². The van der Waals surface area contributed by atoms with Gasteiger partial charge >= 0.3 is 0 Å². The van der Waals surface area contributed by atoms with Crippen molar-refractivity contribution in [2.24, 2.45) is 5.73 Å². The molecule has 0 radical (unpaired) electrons. The molecule has 0 bridgehead atoms. The zero-order valence-electron chi connectivity index (χ0n) is 5.33. The molecular formula is C6H10N2O. The van der Waals surface area contributed by atoms with Crippen molar-refractivity contribution >= 4 is 0 Å². The number of hydrogen-bond donors (Lipinski definition) is 2. The summed E-state index contributed by atoms with van der Waals surface area (Å²) in [6, 6.07) is 1.34. The molecule has 0 aromatic heterocycles. The number of nitrogens with zero attached hydrogens (tertiary/aromatic N) is 1. The maximum atomic E-state index is 8.84. The molecule has 3 heteroatoms. The number of allylic oxidation sites excluding steroid dienone is 1.